The Hall–Kier alpha value is -1.02. The maximum absolute atomic E-state index is 5.70. The van der Waals surface area contributed by atoms with E-state index < -0.39 is 0 Å². The van der Waals surface area contributed by atoms with Crippen LogP contribution in [0.2, 0.25) is 0 Å². The minimum absolute atomic E-state index is 0.716. The van der Waals surface area contributed by atoms with Crippen LogP contribution in [0.1, 0.15) is 39.5 Å². The fourth-order valence-electron chi connectivity index (χ4n) is 3.04. The van der Waals surface area contributed by atoms with Gasteiger partial charge in [0, 0.05) is 6.04 Å². The van der Waals surface area contributed by atoms with E-state index in [1.165, 1.54) is 19.3 Å². The third-order valence-corrected chi connectivity index (χ3v) is 4.17. The molecule has 2 rings (SSSR count). The molecule has 3 atom stereocenters. The summed E-state index contributed by atoms with van der Waals surface area (Å²) in [6, 6.07) is 10.8. The van der Waals surface area contributed by atoms with Gasteiger partial charge < -0.3 is 10.1 Å². The van der Waals surface area contributed by atoms with Crippen molar-refractivity contribution in [2.24, 2.45) is 11.8 Å². The maximum Gasteiger partial charge on any atom is 0.119 e. The van der Waals surface area contributed by atoms with Gasteiger partial charge in [-0.2, -0.15) is 0 Å². The molecular weight excluding hydrogens is 234 g/mol. The molecule has 3 unspecified atom stereocenters. The topological polar surface area (TPSA) is 21.3 Å². The highest BCUT2D eigenvalue weighted by Gasteiger charge is 2.24. The molecule has 0 amide bonds. The predicted molar refractivity (Wildman–Crippen MR) is 80.5 cm³/mol. The molecule has 1 N–H and O–H groups in total. The molecule has 1 aliphatic carbocycles. The summed E-state index contributed by atoms with van der Waals surface area (Å²) >= 11 is 0. The largest absolute Gasteiger partial charge is 0.494 e. The van der Waals surface area contributed by atoms with Gasteiger partial charge >= 0.3 is 0 Å². The molecule has 0 heterocycles. The van der Waals surface area contributed by atoms with Crippen molar-refractivity contribution in [3.05, 3.63) is 30.3 Å². The van der Waals surface area contributed by atoms with E-state index in [-0.39, 0.29) is 0 Å². The van der Waals surface area contributed by atoms with Crippen LogP contribution in [0, 0.1) is 11.8 Å². The van der Waals surface area contributed by atoms with E-state index >= 15 is 0 Å². The second kappa shape index (κ2) is 7.54. The highest BCUT2D eigenvalue weighted by molar-refractivity contribution is 5.20. The molecule has 1 fully saturated rings. The number of ether oxygens (including phenoxy) is 1. The Balaban J connectivity index is 1.57. The number of hydrogen-bond acceptors (Lipinski definition) is 2. The van der Waals surface area contributed by atoms with Crippen LogP contribution >= 0.6 is 0 Å². The van der Waals surface area contributed by atoms with E-state index in [0.29, 0.717) is 6.04 Å². The number of benzene rings is 1. The third-order valence-electron chi connectivity index (χ3n) is 4.17. The summed E-state index contributed by atoms with van der Waals surface area (Å²) in [5.74, 6) is 2.70. The number of para-hydroxylation sites is 1. The average Bonchev–Trinajstić information content (AvgIpc) is 2.42. The van der Waals surface area contributed by atoms with E-state index in [2.05, 4.69) is 19.2 Å². The van der Waals surface area contributed by atoms with Gasteiger partial charge in [-0.3, -0.25) is 0 Å². The van der Waals surface area contributed by atoms with E-state index in [4.69, 9.17) is 4.74 Å². The molecule has 0 aliphatic heterocycles. The molecule has 1 aromatic carbocycles. The Morgan fingerprint density at radius 2 is 1.95 bits per heavy atom. The number of hydrogen-bond donors (Lipinski definition) is 1. The molecule has 2 nitrogen and oxygen atoms in total. The summed E-state index contributed by atoms with van der Waals surface area (Å²) in [7, 11) is 0. The van der Waals surface area contributed by atoms with Crippen molar-refractivity contribution < 1.29 is 4.74 Å². The van der Waals surface area contributed by atoms with Crippen molar-refractivity contribution in [1.82, 2.24) is 5.32 Å². The Morgan fingerprint density at radius 3 is 2.68 bits per heavy atom. The minimum atomic E-state index is 0.716. The molecule has 0 bridgehead atoms. The summed E-state index contributed by atoms with van der Waals surface area (Å²) in [4.78, 5) is 0. The van der Waals surface area contributed by atoms with Crippen LogP contribution in [0.4, 0.5) is 0 Å². The first-order valence-corrected chi connectivity index (χ1v) is 7.67. The SMILES string of the molecule is CC1CCC(NCCCOc2ccccc2)C(C)C1. The van der Waals surface area contributed by atoms with Crippen LogP contribution in [0.25, 0.3) is 0 Å². The Morgan fingerprint density at radius 1 is 1.16 bits per heavy atom. The van der Waals surface area contributed by atoms with E-state index in [9.17, 15) is 0 Å². The lowest BCUT2D eigenvalue weighted by Crippen LogP contribution is -2.39. The van der Waals surface area contributed by atoms with Gasteiger partial charge in [0.05, 0.1) is 6.61 Å². The maximum atomic E-state index is 5.70. The average molecular weight is 261 g/mol. The second-order valence-electron chi connectivity index (χ2n) is 5.97. The summed E-state index contributed by atoms with van der Waals surface area (Å²) < 4.78 is 5.70. The van der Waals surface area contributed by atoms with Crippen LogP contribution in [0.3, 0.4) is 0 Å². The highest BCUT2D eigenvalue weighted by atomic mass is 16.5. The zero-order chi connectivity index (χ0) is 13.5. The monoisotopic (exact) mass is 261 g/mol. The summed E-state index contributed by atoms with van der Waals surface area (Å²) in [6.45, 7) is 6.62. The van der Waals surface area contributed by atoms with Gasteiger partial charge in [-0.1, -0.05) is 32.0 Å². The lowest BCUT2D eigenvalue weighted by molar-refractivity contribution is 0.222. The van der Waals surface area contributed by atoms with Crippen molar-refractivity contribution in [2.75, 3.05) is 13.2 Å². The zero-order valence-corrected chi connectivity index (χ0v) is 12.3. The highest BCUT2D eigenvalue weighted by Crippen LogP contribution is 2.28. The molecule has 1 saturated carbocycles. The number of rotatable bonds is 6. The van der Waals surface area contributed by atoms with Gasteiger partial charge in [0.2, 0.25) is 0 Å². The lowest BCUT2D eigenvalue weighted by atomic mass is 9.80. The predicted octanol–water partition coefficient (Wildman–Crippen LogP) is 3.87. The van der Waals surface area contributed by atoms with Crippen molar-refractivity contribution in [3.63, 3.8) is 0 Å². The van der Waals surface area contributed by atoms with E-state index in [1.54, 1.807) is 0 Å². The molecule has 19 heavy (non-hydrogen) atoms. The van der Waals surface area contributed by atoms with Gasteiger partial charge in [-0.05, 0) is 56.2 Å². The fourth-order valence-corrected chi connectivity index (χ4v) is 3.04. The molecular formula is C17H27NO. The smallest absolute Gasteiger partial charge is 0.119 e. The first-order chi connectivity index (χ1) is 9.25. The Kier molecular flexibility index (Phi) is 5.71. The van der Waals surface area contributed by atoms with Crippen LogP contribution in [-0.2, 0) is 0 Å². The Bertz CT molecular complexity index is 352. The second-order valence-corrected chi connectivity index (χ2v) is 5.97. The zero-order valence-electron chi connectivity index (χ0n) is 12.3. The van der Waals surface area contributed by atoms with Gasteiger partial charge in [-0.25, -0.2) is 0 Å². The van der Waals surface area contributed by atoms with Crippen LogP contribution < -0.4 is 10.1 Å². The third kappa shape index (κ3) is 4.87. The summed E-state index contributed by atoms with van der Waals surface area (Å²) in [5, 5.41) is 3.70. The van der Waals surface area contributed by atoms with E-state index in [0.717, 1.165) is 37.2 Å². The molecule has 0 spiro atoms. The fraction of sp³-hybridized carbons (Fsp3) is 0.647. The standard InChI is InChI=1S/C17H27NO/c1-14-9-10-17(15(2)13-14)18-11-6-12-19-16-7-4-3-5-8-16/h3-5,7-8,14-15,17-18H,6,9-13H2,1-2H3. The molecule has 1 aliphatic rings. The normalized spacial score (nSPS) is 27.2. The van der Waals surface area contributed by atoms with Gasteiger partial charge in [-0.15, -0.1) is 0 Å². The molecule has 0 saturated heterocycles. The first-order valence-electron chi connectivity index (χ1n) is 7.67. The molecule has 0 radical (unpaired) electrons. The summed E-state index contributed by atoms with van der Waals surface area (Å²) in [6.07, 6.45) is 5.16. The Labute approximate surface area is 117 Å². The van der Waals surface area contributed by atoms with Crippen molar-refractivity contribution in [3.8, 4) is 5.75 Å². The molecule has 106 valence electrons. The molecule has 1 aromatic rings. The first kappa shape index (κ1) is 14.4. The molecule has 0 aromatic heterocycles. The van der Waals surface area contributed by atoms with E-state index in [1.807, 2.05) is 30.3 Å². The quantitative estimate of drug-likeness (QED) is 0.785. The van der Waals surface area contributed by atoms with Gasteiger partial charge in [0.1, 0.15) is 5.75 Å². The van der Waals surface area contributed by atoms with Gasteiger partial charge in [0.15, 0.2) is 0 Å². The van der Waals surface area contributed by atoms with Crippen molar-refractivity contribution in [1.29, 1.82) is 0 Å². The van der Waals surface area contributed by atoms with Crippen LogP contribution in [-0.4, -0.2) is 19.2 Å². The van der Waals surface area contributed by atoms with Crippen molar-refractivity contribution >= 4 is 0 Å². The van der Waals surface area contributed by atoms with Crippen molar-refractivity contribution in [2.45, 2.75) is 45.6 Å². The number of nitrogens with one attached hydrogen (secondary N) is 1. The van der Waals surface area contributed by atoms with Crippen LogP contribution in [0.15, 0.2) is 30.3 Å². The summed E-state index contributed by atoms with van der Waals surface area (Å²) in [5.41, 5.74) is 0. The van der Waals surface area contributed by atoms with Gasteiger partial charge in [0.25, 0.3) is 0 Å². The minimum Gasteiger partial charge on any atom is -0.494 e. The molecule has 2 heteroatoms. The van der Waals surface area contributed by atoms with Crippen LogP contribution in [0.5, 0.6) is 5.75 Å². The lowest BCUT2D eigenvalue weighted by Gasteiger charge is -2.33.